The lowest BCUT2D eigenvalue weighted by atomic mass is 10.1. The van der Waals surface area contributed by atoms with Crippen LogP contribution in [0.1, 0.15) is 5.69 Å². The lowest BCUT2D eigenvalue weighted by Crippen LogP contribution is -2.06. The van der Waals surface area contributed by atoms with E-state index >= 15 is 0 Å². The maximum atomic E-state index is 12.8. The molecule has 5 heteroatoms. The third-order valence-corrected chi connectivity index (χ3v) is 3.12. The number of nitrogens with two attached hydrogens (primary N) is 1. The Labute approximate surface area is 121 Å². The van der Waals surface area contributed by atoms with Crippen LogP contribution in [0, 0.1) is 5.82 Å². The highest BCUT2D eigenvalue weighted by molar-refractivity contribution is 5.81. The zero-order chi connectivity index (χ0) is 14.7. The maximum Gasteiger partial charge on any atom is 0.220 e. The summed E-state index contributed by atoms with van der Waals surface area (Å²) in [5.41, 5.74) is 7.39. The van der Waals surface area contributed by atoms with E-state index < -0.39 is 0 Å². The van der Waals surface area contributed by atoms with Crippen molar-refractivity contribution in [1.29, 1.82) is 0 Å². The Bertz CT molecular complexity index is 759. The van der Waals surface area contributed by atoms with Gasteiger partial charge in [0, 0.05) is 11.8 Å². The second kappa shape index (κ2) is 5.75. The number of nitrogens with zero attached hydrogens (tertiary/aromatic N) is 2. The standard InChI is InChI=1S/C16H14FN3O/c17-11-5-7-12(8-6-11)21-10-9-15-13-3-1-2-4-14(13)19-16(18)20-15/h1-8H,9-10H2,(H2,18,19,20). The number of aromatic nitrogens is 2. The molecule has 0 aliphatic heterocycles. The topological polar surface area (TPSA) is 61.0 Å². The number of halogens is 1. The summed E-state index contributed by atoms with van der Waals surface area (Å²) in [5.74, 6) is 0.602. The summed E-state index contributed by atoms with van der Waals surface area (Å²) in [6.45, 7) is 0.437. The normalized spacial score (nSPS) is 10.7. The molecule has 0 amide bonds. The fourth-order valence-electron chi connectivity index (χ4n) is 2.15. The smallest absolute Gasteiger partial charge is 0.220 e. The van der Waals surface area contributed by atoms with Gasteiger partial charge in [-0.2, -0.15) is 0 Å². The molecule has 21 heavy (non-hydrogen) atoms. The molecule has 0 saturated heterocycles. The van der Waals surface area contributed by atoms with Gasteiger partial charge in [0.1, 0.15) is 11.6 Å². The van der Waals surface area contributed by atoms with Crippen LogP contribution in [-0.4, -0.2) is 16.6 Å². The monoisotopic (exact) mass is 283 g/mol. The minimum Gasteiger partial charge on any atom is -0.493 e. The summed E-state index contributed by atoms with van der Waals surface area (Å²) < 4.78 is 18.4. The van der Waals surface area contributed by atoms with E-state index in [0.29, 0.717) is 18.8 Å². The van der Waals surface area contributed by atoms with E-state index in [2.05, 4.69) is 9.97 Å². The second-order valence-electron chi connectivity index (χ2n) is 4.60. The molecule has 4 nitrogen and oxygen atoms in total. The quantitative estimate of drug-likeness (QED) is 0.799. The van der Waals surface area contributed by atoms with Crippen molar-refractivity contribution >= 4 is 16.9 Å². The van der Waals surface area contributed by atoms with Crippen LogP contribution in [0.25, 0.3) is 10.9 Å². The Morgan fingerprint density at radius 1 is 1.00 bits per heavy atom. The van der Waals surface area contributed by atoms with Gasteiger partial charge in [0.25, 0.3) is 0 Å². The fourth-order valence-corrected chi connectivity index (χ4v) is 2.15. The molecule has 0 aliphatic rings. The third kappa shape index (κ3) is 3.08. The summed E-state index contributed by atoms with van der Waals surface area (Å²) >= 11 is 0. The molecule has 0 atom stereocenters. The molecule has 0 aliphatic carbocycles. The summed E-state index contributed by atoms with van der Waals surface area (Å²) in [4.78, 5) is 8.47. The van der Waals surface area contributed by atoms with Crippen LogP contribution in [-0.2, 0) is 6.42 Å². The Morgan fingerprint density at radius 2 is 1.76 bits per heavy atom. The van der Waals surface area contributed by atoms with E-state index in [1.54, 1.807) is 12.1 Å². The molecule has 3 aromatic rings. The molecule has 0 bridgehead atoms. The number of hydrogen-bond donors (Lipinski definition) is 1. The Morgan fingerprint density at radius 3 is 2.57 bits per heavy atom. The molecule has 0 fully saturated rings. The molecule has 1 aromatic heterocycles. The Kier molecular flexibility index (Phi) is 3.64. The van der Waals surface area contributed by atoms with Gasteiger partial charge in [-0.3, -0.25) is 0 Å². The van der Waals surface area contributed by atoms with Crippen molar-refractivity contribution in [3.05, 3.63) is 60.0 Å². The van der Waals surface area contributed by atoms with Crippen LogP contribution >= 0.6 is 0 Å². The fraction of sp³-hybridized carbons (Fsp3) is 0.125. The second-order valence-corrected chi connectivity index (χ2v) is 4.60. The highest BCUT2D eigenvalue weighted by Crippen LogP contribution is 2.17. The van der Waals surface area contributed by atoms with Gasteiger partial charge in [0.05, 0.1) is 17.8 Å². The van der Waals surface area contributed by atoms with Crippen LogP contribution in [0.4, 0.5) is 10.3 Å². The molecule has 1 heterocycles. The van der Waals surface area contributed by atoms with Crippen molar-refractivity contribution in [1.82, 2.24) is 9.97 Å². The lowest BCUT2D eigenvalue weighted by Gasteiger charge is -2.08. The highest BCUT2D eigenvalue weighted by atomic mass is 19.1. The predicted octanol–water partition coefficient (Wildman–Crippen LogP) is 2.97. The average Bonchev–Trinajstić information content (AvgIpc) is 2.49. The minimum absolute atomic E-state index is 0.255. The van der Waals surface area contributed by atoms with Gasteiger partial charge in [-0.05, 0) is 30.3 Å². The molecular weight excluding hydrogens is 269 g/mol. The first-order chi connectivity index (χ1) is 10.2. The van der Waals surface area contributed by atoms with E-state index in [-0.39, 0.29) is 11.8 Å². The van der Waals surface area contributed by atoms with Gasteiger partial charge < -0.3 is 10.5 Å². The van der Waals surface area contributed by atoms with Gasteiger partial charge in [-0.1, -0.05) is 18.2 Å². The van der Waals surface area contributed by atoms with E-state index in [0.717, 1.165) is 16.6 Å². The average molecular weight is 283 g/mol. The first kappa shape index (κ1) is 13.3. The van der Waals surface area contributed by atoms with E-state index in [1.807, 2.05) is 24.3 Å². The van der Waals surface area contributed by atoms with Crippen LogP contribution in [0.3, 0.4) is 0 Å². The van der Waals surface area contributed by atoms with Crippen LogP contribution in [0.2, 0.25) is 0 Å². The molecule has 106 valence electrons. The molecular formula is C16H14FN3O. The van der Waals surface area contributed by atoms with Crippen LogP contribution in [0.5, 0.6) is 5.75 Å². The van der Waals surface area contributed by atoms with Crippen LogP contribution in [0.15, 0.2) is 48.5 Å². The molecule has 0 saturated carbocycles. The number of fused-ring (bicyclic) bond motifs is 1. The zero-order valence-corrected chi connectivity index (χ0v) is 11.3. The molecule has 2 aromatic carbocycles. The van der Waals surface area contributed by atoms with Crippen molar-refractivity contribution in [2.45, 2.75) is 6.42 Å². The summed E-state index contributed by atoms with van der Waals surface area (Å²) in [6, 6.07) is 13.6. The van der Waals surface area contributed by atoms with Crippen molar-refractivity contribution < 1.29 is 9.13 Å². The van der Waals surface area contributed by atoms with Gasteiger partial charge in [-0.15, -0.1) is 0 Å². The Balaban J connectivity index is 1.74. The summed E-state index contributed by atoms with van der Waals surface area (Å²) in [5, 5.41) is 0.967. The first-order valence-electron chi connectivity index (χ1n) is 6.62. The number of rotatable bonds is 4. The number of nitrogen functional groups attached to an aromatic ring is 1. The van der Waals surface area contributed by atoms with Gasteiger partial charge >= 0.3 is 0 Å². The predicted molar refractivity (Wildman–Crippen MR) is 79.5 cm³/mol. The molecule has 2 N–H and O–H groups in total. The number of hydrogen-bond acceptors (Lipinski definition) is 4. The minimum atomic E-state index is -0.281. The van der Waals surface area contributed by atoms with Gasteiger partial charge in [0.2, 0.25) is 5.95 Å². The highest BCUT2D eigenvalue weighted by Gasteiger charge is 2.06. The largest absolute Gasteiger partial charge is 0.493 e. The van der Waals surface area contributed by atoms with Crippen molar-refractivity contribution in [3.63, 3.8) is 0 Å². The number of benzene rings is 2. The number of para-hydroxylation sites is 1. The van der Waals surface area contributed by atoms with E-state index in [9.17, 15) is 4.39 Å². The van der Waals surface area contributed by atoms with E-state index in [1.165, 1.54) is 12.1 Å². The van der Waals surface area contributed by atoms with Crippen LogP contribution < -0.4 is 10.5 Å². The lowest BCUT2D eigenvalue weighted by molar-refractivity contribution is 0.320. The zero-order valence-electron chi connectivity index (χ0n) is 11.3. The Hall–Kier alpha value is -2.69. The van der Waals surface area contributed by atoms with E-state index in [4.69, 9.17) is 10.5 Å². The molecule has 0 radical (unpaired) electrons. The van der Waals surface area contributed by atoms with Gasteiger partial charge in [-0.25, -0.2) is 14.4 Å². The van der Waals surface area contributed by atoms with Gasteiger partial charge in [0.15, 0.2) is 0 Å². The number of anilines is 1. The SMILES string of the molecule is Nc1nc(CCOc2ccc(F)cc2)c2ccccc2n1. The first-order valence-corrected chi connectivity index (χ1v) is 6.62. The molecule has 3 rings (SSSR count). The maximum absolute atomic E-state index is 12.8. The summed E-state index contributed by atoms with van der Waals surface area (Å²) in [6.07, 6.45) is 0.602. The van der Waals surface area contributed by atoms with Crippen molar-refractivity contribution in [3.8, 4) is 5.75 Å². The van der Waals surface area contributed by atoms with Crippen molar-refractivity contribution in [2.24, 2.45) is 0 Å². The molecule has 0 unspecified atom stereocenters. The number of ether oxygens (including phenoxy) is 1. The third-order valence-electron chi connectivity index (χ3n) is 3.12. The van der Waals surface area contributed by atoms with Crippen molar-refractivity contribution in [2.75, 3.05) is 12.3 Å². The summed E-state index contributed by atoms with van der Waals surface area (Å²) in [7, 11) is 0. The molecule has 0 spiro atoms.